The molecule has 1 aliphatic rings. The monoisotopic (exact) mass is 487 g/mol. The Morgan fingerprint density at radius 1 is 1.12 bits per heavy atom. The standard InChI is InChI=1S/C24H30BNO7S/c1-14(2)22(26-23(27)20-11-8-18-13-33-25(29)21(18)16(20)5)24(28)32-12-17-6-9-19(10-7-17)34(30,31)15(3)4/h6-11,14-15,22,29H,12-13H2,1-5H3,(H,26,27)/t22-/m0/s1. The van der Waals surface area contributed by atoms with Gasteiger partial charge >= 0.3 is 13.1 Å². The van der Waals surface area contributed by atoms with Crippen molar-refractivity contribution in [2.24, 2.45) is 5.92 Å². The molecule has 182 valence electrons. The molecule has 0 spiro atoms. The van der Waals surface area contributed by atoms with Gasteiger partial charge in [-0.3, -0.25) is 4.79 Å². The summed E-state index contributed by atoms with van der Waals surface area (Å²) in [6.07, 6.45) is 0. The van der Waals surface area contributed by atoms with Gasteiger partial charge in [0.15, 0.2) is 9.84 Å². The quantitative estimate of drug-likeness (QED) is 0.431. The highest BCUT2D eigenvalue weighted by molar-refractivity contribution is 7.92. The third kappa shape index (κ3) is 5.34. The molecule has 0 fully saturated rings. The van der Waals surface area contributed by atoms with Crippen molar-refractivity contribution in [2.45, 2.75) is 64.0 Å². The zero-order valence-corrected chi connectivity index (χ0v) is 20.8. The predicted octanol–water partition coefficient (Wildman–Crippen LogP) is 1.89. The highest BCUT2D eigenvalue weighted by atomic mass is 32.2. The van der Waals surface area contributed by atoms with Gasteiger partial charge in [-0.2, -0.15) is 0 Å². The first-order chi connectivity index (χ1) is 15.9. The number of esters is 1. The third-order valence-corrected chi connectivity index (χ3v) is 8.12. The van der Waals surface area contributed by atoms with E-state index in [1.165, 1.54) is 12.1 Å². The Kier molecular flexibility index (Phi) is 7.85. The molecule has 1 amide bonds. The fourth-order valence-electron chi connectivity index (χ4n) is 3.76. The summed E-state index contributed by atoms with van der Waals surface area (Å²) in [5.41, 5.74) is 3.00. The predicted molar refractivity (Wildman–Crippen MR) is 128 cm³/mol. The van der Waals surface area contributed by atoms with E-state index in [2.05, 4.69) is 5.32 Å². The first kappa shape index (κ1) is 25.9. The second-order valence-corrected chi connectivity index (χ2v) is 11.5. The zero-order valence-electron chi connectivity index (χ0n) is 20.0. The maximum Gasteiger partial charge on any atom is 0.492 e. The lowest BCUT2D eigenvalue weighted by Crippen LogP contribution is -2.46. The molecule has 0 radical (unpaired) electrons. The fourth-order valence-corrected chi connectivity index (χ4v) is 4.82. The lowest BCUT2D eigenvalue weighted by Gasteiger charge is -2.22. The molecule has 8 nitrogen and oxygen atoms in total. The Morgan fingerprint density at radius 3 is 2.35 bits per heavy atom. The minimum absolute atomic E-state index is 0.0542. The first-order valence-electron chi connectivity index (χ1n) is 11.2. The van der Waals surface area contributed by atoms with Crippen molar-refractivity contribution in [1.82, 2.24) is 5.32 Å². The molecule has 1 aliphatic heterocycles. The average Bonchev–Trinajstić information content (AvgIpc) is 3.17. The summed E-state index contributed by atoms with van der Waals surface area (Å²) in [6, 6.07) is 8.70. The molecule has 0 saturated heterocycles. The third-order valence-electron chi connectivity index (χ3n) is 5.95. The van der Waals surface area contributed by atoms with Gasteiger partial charge in [0.2, 0.25) is 0 Å². The number of carbonyl (C=O) groups is 2. The molecule has 2 aromatic rings. The van der Waals surface area contributed by atoms with E-state index in [0.717, 1.165) is 5.56 Å². The van der Waals surface area contributed by atoms with E-state index < -0.39 is 40.1 Å². The second-order valence-electron chi connectivity index (χ2n) is 9.01. The number of nitrogens with one attached hydrogen (secondary N) is 1. The van der Waals surface area contributed by atoms with E-state index >= 15 is 0 Å². The van der Waals surface area contributed by atoms with Crippen LogP contribution in [0.2, 0.25) is 0 Å². The summed E-state index contributed by atoms with van der Waals surface area (Å²) in [6.45, 7) is 8.79. The smallest absolute Gasteiger partial charge is 0.459 e. The van der Waals surface area contributed by atoms with Crippen LogP contribution < -0.4 is 10.8 Å². The van der Waals surface area contributed by atoms with Gasteiger partial charge in [0.1, 0.15) is 12.6 Å². The summed E-state index contributed by atoms with van der Waals surface area (Å²) >= 11 is 0. The fraction of sp³-hybridized carbons (Fsp3) is 0.417. The highest BCUT2D eigenvalue weighted by Crippen LogP contribution is 2.19. The lowest BCUT2D eigenvalue weighted by atomic mass is 9.75. The van der Waals surface area contributed by atoms with Gasteiger partial charge in [-0.25, -0.2) is 13.2 Å². The molecule has 1 atom stereocenters. The SMILES string of the molecule is Cc1c(C(=O)N[C@H](C(=O)OCc2ccc(S(=O)(=O)C(C)C)cc2)C(C)C)ccc2c1B(O)OC2. The van der Waals surface area contributed by atoms with Crippen LogP contribution >= 0.6 is 0 Å². The van der Waals surface area contributed by atoms with Crippen LogP contribution in [0.5, 0.6) is 0 Å². The Labute approximate surface area is 200 Å². The topological polar surface area (TPSA) is 119 Å². The second kappa shape index (κ2) is 10.3. The van der Waals surface area contributed by atoms with Crippen LogP contribution in [0.1, 0.15) is 54.7 Å². The van der Waals surface area contributed by atoms with Crippen molar-refractivity contribution in [2.75, 3.05) is 0 Å². The van der Waals surface area contributed by atoms with Crippen molar-refractivity contribution in [3.8, 4) is 0 Å². The number of ether oxygens (including phenoxy) is 1. The van der Waals surface area contributed by atoms with Crippen molar-refractivity contribution >= 4 is 34.3 Å². The van der Waals surface area contributed by atoms with Crippen LogP contribution in [0.4, 0.5) is 0 Å². The van der Waals surface area contributed by atoms with E-state index in [1.807, 2.05) is 0 Å². The van der Waals surface area contributed by atoms with Crippen LogP contribution in [0, 0.1) is 12.8 Å². The molecule has 0 unspecified atom stereocenters. The zero-order chi connectivity index (χ0) is 25.2. The summed E-state index contributed by atoms with van der Waals surface area (Å²) in [5, 5.41) is 12.2. The molecule has 10 heteroatoms. The molecule has 2 aromatic carbocycles. The van der Waals surface area contributed by atoms with Gasteiger partial charge in [0.05, 0.1) is 16.8 Å². The van der Waals surface area contributed by atoms with Gasteiger partial charge in [0, 0.05) is 5.56 Å². The van der Waals surface area contributed by atoms with E-state index in [4.69, 9.17) is 9.39 Å². The molecule has 0 bridgehead atoms. The summed E-state index contributed by atoms with van der Waals surface area (Å²) in [5.74, 6) is -1.28. The molecule has 0 saturated carbocycles. The van der Waals surface area contributed by atoms with Crippen molar-refractivity contribution < 1.29 is 32.4 Å². The Balaban J connectivity index is 1.67. The Bertz CT molecular complexity index is 1180. The Hall–Kier alpha value is -2.69. The maximum absolute atomic E-state index is 13.0. The lowest BCUT2D eigenvalue weighted by molar-refractivity contribution is -0.148. The number of hydrogen-bond acceptors (Lipinski definition) is 7. The van der Waals surface area contributed by atoms with Crippen LogP contribution in [0.15, 0.2) is 41.3 Å². The molecule has 1 heterocycles. The molecular weight excluding hydrogens is 457 g/mol. The minimum atomic E-state index is -3.38. The summed E-state index contributed by atoms with van der Waals surface area (Å²) < 4.78 is 35.1. The number of hydrogen-bond donors (Lipinski definition) is 2. The molecular formula is C24H30BNO7S. The average molecular weight is 487 g/mol. The van der Waals surface area contributed by atoms with E-state index in [-0.39, 0.29) is 24.0 Å². The normalized spacial score (nSPS) is 14.3. The minimum Gasteiger partial charge on any atom is -0.459 e. The maximum atomic E-state index is 13.0. The number of benzene rings is 2. The molecule has 2 N–H and O–H groups in total. The van der Waals surface area contributed by atoms with Gasteiger partial charge in [-0.15, -0.1) is 0 Å². The van der Waals surface area contributed by atoms with Crippen LogP contribution in [0.25, 0.3) is 0 Å². The van der Waals surface area contributed by atoms with Crippen LogP contribution in [-0.4, -0.2) is 43.7 Å². The highest BCUT2D eigenvalue weighted by Gasteiger charge is 2.32. The van der Waals surface area contributed by atoms with Crippen LogP contribution in [0.3, 0.4) is 0 Å². The van der Waals surface area contributed by atoms with E-state index in [9.17, 15) is 23.0 Å². The number of fused-ring (bicyclic) bond motifs is 1. The number of carbonyl (C=O) groups excluding carboxylic acids is 2. The van der Waals surface area contributed by atoms with Gasteiger partial charge in [-0.05, 0) is 67.0 Å². The number of rotatable bonds is 8. The van der Waals surface area contributed by atoms with Crippen molar-refractivity contribution in [3.05, 3.63) is 58.7 Å². The van der Waals surface area contributed by atoms with E-state index in [0.29, 0.717) is 22.2 Å². The first-order valence-corrected chi connectivity index (χ1v) is 12.7. The Morgan fingerprint density at radius 2 is 1.76 bits per heavy atom. The van der Waals surface area contributed by atoms with Crippen molar-refractivity contribution in [1.29, 1.82) is 0 Å². The molecule has 0 aliphatic carbocycles. The largest absolute Gasteiger partial charge is 0.492 e. The number of amides is 1. The molecule has 3 rings (SSSR count). The van der Waals surface area contributed by atoms with Gasteiger partial charge in [-0.1, -0.05) is 32.0 Å². The van der Waals surface area contributed by atoms with E-state index in [1.54, 1.807) is 58.9 Å². The molecule has 34 heavy (non-hydrogen) atoms. The van der Waals surface area contributed by atoms with Gasteiger partial charge < -0.3 is 19.7 Å². The van der Waals surface area contributed by atoms with Gasteiger partial charge in [0.25, 0.3) is 5.91 Å². The summed E-state index contributed by atoms with van der Waals surface area (Å²) in [7, 11) is -4.45. The summed E-state index contributed by atoms with van der Waals surface area (Å²) in [4.78, 5) is 25.9. The van der Waals surface area contributed by atoms with Crippen LogP contribution in [-0.2, 0) is 37.2 Å². The molecule has 0 aromatic heterocycles. The van der Waals surface area contributed by atoms with Crippen molar-refractivity contribution in [3.63, 3.8) is 0 Å². The number of sulfone groups is 1.